The Morgan fingerprint density at radius 2 is 1.83 bits per heavy atom. The van der Waals surface area contributed by atoms with Gasteiger partial charge in [0.15, 0.2) is 0 Å². The molecular formula is C5H10Si. The summed E-state index contributed by atoms with van der Waals surface area (Å²) in [5, 5.41) is 0. The van der Waals surface area contributed by atoms with Crippen LogP contribution in [0.3, 0.4) is 0 Å². The molecular weight excluding hydrogens is 88.1 g/mol. The van der Waals surface area contributed by atoms with Crippen LogP contribution in [0.5, 0.6) is 0 Å². The minimum atomic E-state index is -1.23. The highest BCUT2D eigenvalue weighted by molar-refractivity contribution is 6.35. The van der Waals surface area contributed by atoms with E-state index in [2.05, 4.69) is 0 Å². The Morgan fingerprint density at radius 1 is 1.17 bits per heavy atom. The van der Waals surface area contributed by atoms with Gasteiger partial charge in [-0.05, 0) is 0 Å². The van der Waals surface area contributed by atoms with E-state index < -0.39 is 12.0 Å². The van der Waals surface area contributed by atoms with E-state index in [-0.39, 0.29) is 9.52 Å². The van der Waals surface area contributed by atoms with Gasteiger partial charge in [0.05, 0.1) is 0 Å². The molecule has 34 valence electrons. The Bertz CT molecular complexity index is 120. The lowest BCUT2D eigenvalue weighted by Crippen LogP contribution is -1.94. The number of hydrogen-bond donors (Lipinski definition) is 0. The second-order valence-electron chi connectivity index (χ2n) is 1.33. The van der Waals surface area contributed by atoms with Crippen LogP contribution in [0.25, 0.3) is 0 Å². The molecule has 1 heteroatoms. The van der Waals surface area contributed by atoms with Crippen LogP contribution < -0.4 is 0 Å². The number of hydrogen-bond acceptors (Lipinski definition) is 0. The summed E-state index contributed by atoms with van der Waals surface area (Å²) in [7, 11) is -0.178. The van der Waals surface area contributed by atoms with Crippen LogP contribution in [0.1, 0.15) is 24.7 Å². The Labute approximate surface area is 47.4 Å². The highest BCUT2D eigenvalue weighted by atomic mass is 28.2. The van der Waals surface area contributed by atoms with Crippen molar-refractivity contribution in [2.75, 3.05) is 0 Å². The van der Waals surface area contributed by atoms with E-state index >= 15 is 0 Å². The Balaban J connectivity index is 2.56. The molecule has 0 nitrogen and oxygen atoms in total. The van der Waals surface area contributed by atoms with Gasteiger partial charge in [0, 0.05) is 15.0 Å². The lowest BCUT2D eigenvalue weighted by Gasteiger charge is -2.04. The maximum atomic E-state index is 7.32. The summed E-state index contributed by atoms with van der Waals surface area (Å²) in [6.07, 6.45) is 1.75. The second-order valence-corrected chi connectivity index (χ2v) is 2.29. The first-order chi connectivity index (χ1) is 4.41. The average molecular weight is 102 g/mol. The smallest absolute Gasteiger partial charge is 0.0378 e. The van der Waals surface area contributed by atoms with Crippen LogP contribution in [0.15, 0.2) is 0 Å². The van der Waals surface area contributed by atoms with Crippen LogP contribution in [-0.2, 0) is 0 Å². The zero-order chi connectivity index (χ0) is 7.83. The zero-order valence-electron chi connectivity index (χ0n) is 7.62. The summed E-state index contributed by atoms with van der Waals surface area (Å²) in [6, 6.07) is 0. The molecule has 0 aromatic heterocycles. The Kier molecular flexibility index (Phi) is 0.648. The highest BCUT2D eigenvalue weighted by Crippen LogP contribution is 2.10. The van der Waals surface area contributed by atoms with Crippen molar-refractivity contribution < 1.29 is 5.48 Å². The van der Waals surface area contributed by atoms with Gasteiger partial charge in [-0.3, -0.25) is 0 Å². The van der Waals surface area contributed by atoms with E-state index in [1.807, 2.05) is 0 Å². The van der Waals surface area contributed by atoms with E-state index in [1.54, 1.807) is 0 Å². The van der Waals surface area contributed by atoms with Gasteiger partial charge in [-0.2, -0.15) is 0 Å². The molecule has 0 spiro atoms. The molecule has 1 aliphatic heterocycles. The van der Waals surface area contributed by atoms with E-state index in [9.17, 15) is 0 Å². The van der Waals surface area contributed by atoms with Crippen LogP contribution in [0, 0.1) is 0 Å². The molecule has 1 heterocycles. The third-order valence-electron chi connectivity index (χ3n) is 0.780. The van der Waals surface area contributed by atoms with E-state index in [4.69, 9.17) is 5.48 Å². The summed E-state index contributed by atoms with van der Waals surface area (Å²) in [6.45, 7) is 0. The van der Waals surface area contributed by atoms with E-state index in [1.165, 1.54) is 0 Å². The molecule has 1 saturated heterocycles. The number of rotatable bonds is 0. The van der Waals surface area contributed by atoms with Gasteiger partial charge in [-0.15, -0.1) is 0 Å². The maximum absolute atomic E-state index is 7.32. The molecule has 0 N–H and O–H groups in total. The topological polar surface area (TPSA) is 0 Å². The van der Waals surface area contributed by atoms with Crippen molar-refractivity contribution in [2.24, 2.45) is 0 Å². The summed E-state index contributed by atoms with van der Waals surface area (Å²) >= 11 is 0. The highest BCUT2D eigenvalue weighted by Gasteiger charge is 1.96. The van der Waals surface area contributed by atoms with Gasteiger partial charge >= 0.3 is 0 Å². The zero-order valence-corrected chi connectivity index (χ0v) is 4.62. The quantitative estimate of drug-likeness (QED) is 0.408. The van der Waals surface area contributed by atoms with Crippen molar-refractivity contribution in [1.29, 1.82) is 0 Å². The Morgan fingerprint density at radius 3 is 2.17 bits per heavy atom. The van der Waals surface area contributed by atoms with Crippen LogP contribution >= 0.6 is 0 Å². The van der Waals surface area contributed by atoms with Crippen molar-refractivity contribution in [1.82, 2.24) is 0 Å². The predicted molar refractivity (Wildman–Crippen MR) is 29.2 cm³/mol. The molecule has 0 aliphatic carbocycles. The van der Waals surface area contributed by atoms with Crippen LogP contribution in [0.2, 0.25) is 12.0 Å². The molecule has 1 rings (SSSR count). The molecule has 0 atom stereocenters. The third kappa shape index (κ3) is 1.13. The average Bonchev–Trinajstić information content (AvgIpc) is 1.56. The third-order valence-corrected chi connectivity index (χ3v) is 1.63. The van der Waals surface area contributed by atoms with Gasteiger partial charge in [-0.1, -0.05) is 31.3 Å². The first kappa shape index (κ1) is 1.62. The molecule has 0 unspecified atom stereocenters. The van der Waals surface area contributed by atoms with Gasteiger partial charge in [0.1, 0.15) is 0 Å². The minimum Gasteiger partial charge on any atom is -0.0612 e. The van der Waals surface area contributed by atoms with Crippen molar-refractivity contribution in [3.63, 3.8) is 0 Å². The van der Waals surface area contributed by atoms with Gasteiger partial charge in [-0.25, -0.2) is 0 Å². The van der Waals surface area contributed by atoms with Crippen molar-refractivity contribution in [3.05, 3.63) is 0 Å². The van der Waals surface area contributed by atoms with E-state index in [0.29, 0.717) is 19.3 Å². The largest absolute Gasteiger partial charge is 0.0612 e. The molecule has 0 saturated carbocycles. The summed E-state index contributed by atoms with van der Waals surface area (Å²) in [5.74, 6) is -2.47. The molecule has 2 radical (unpaired) electrons. The molecule has 1 fully saturated rings. The summed E-state index contributed by atoms with van der Waals surface area (Å²) < 4.78 is 29.3. The SMILES string of the molecule is [2H]C1([2H])CCCC([2H])([2H])[Si]1. The lowest BCUT2D eigenvalue weighted by atomic mass is 10.3. The van der Waals surface area contributed by atoms with Gasteiger partial charge in [0.2, 0.25) is 0 Å². The lowest BCUT2D eigenvalue weighted by molar-refractivity contribution is 0.734. The standard InChI is InChI=1S/C5H10Si/c1-2-4-6-5-3-1/h1-5H2/i4D2,5D2. The fourth-order valence-electron chi connectivity index (χ4n) is 0.453. The normalized spacial score (nSPS) is 50.7. The predicted octanol–water partition coefficient (Wildman–Crippen LogP) is 1.71. The molecule has 0 aromatic carbocycles. The molecule has 6 heavy (non-hydrogen) atoms. The summed E-state index contributed by atoms with van der Waals surface area (Å²) in [5.41, 5.74) is 0. The summed E-state index contributed by atoms with van der Waals surface area (Å²) in [4.78, 5) is 0. The van der Waals surface area contributed by atoms with E-state index in [0.717, 1.165) is 0 Å². The fraction of sp³-hybridized carbons (Fsp3) is 1.00. The first-order valence-corrected chi connectivity index (χ1v) is 3.21. The molecule has 0 bridgehead atoms. The second kappa shape index (κ2) is 2.40. The van der Waals surface area contributed by atoms with Crippen LogP contribution in [-0.4, -0.2) is 9.52 Å². The van der Waals surface area contributed by atoms with Gasteiger partial charge < -0.3 is 0 Å². The van der Waals surface area contributed by atoms with Gasteiger partial charge in [0.25, 0.3) is 0 Å². The monoisotopic (exact) mass is 102 g/mol. The molecule has 0 amide bonds. The Hall–Kier alpha value is 0.217. The fourth-order valence-corrected chi connectivity index (χ4v) is 1.18. The first-order valence-electron chi connectivity index (χ1n) is 4.21. The van der Waals surface area contributed by atoms with Crippen LogP contribution in [0.4, 0.5) is 0 Å². The minimum absolute atomic E-state index is 0.178. The van der Waals surface area contributed by atoms with Crippen molar-refractivity contribution >= 4 is 9.52 Å². The maximum Gasteiger partial charge on any atom is 0.0378 e. The van der Waals surface area contributed by atoms with Crippen molar-refractivity contribution in [2.45, 2.75) is 31.3 Å². The molecule has 0 aromatic rings. The van der Waals surface area contributed by atoms with Crippen molar-refractivity contribution in [3.8, 4) is 0 Å². The molecule has 1 aliphatic rings.